The third kappa shape index (κ3) is 4.44. The van der Waals surface area contributed by atoms with Crippen LogP contribution in [-0.4, -0.2) is 39.1 Å². The van der Waals surface area contributed by atoms with Gasteiger partial charge in [-0.1, -0.05) is 49.7 Å². The van der Waals surface area contributed by atoms with Crippen molar-refractivity contribution in [1.29, 1.82) is 0 Å². The Kier molecular flexibility index (Phi) is 6.71. The van der Waals surface area contributed by atoms with E-state index in [1.54, 1.807) is 13.1 Å². The number of ether oxygens (including phenoxy) is 1. The molecule has 0 unspecified atom stereocenters. The quantitative estimate of drug-likeness (QED) is 0.276. The molecular weight excluding hydrogens is 452 g/mol. The number of H-pyrrole nitrogens is 1. The van der Waals surface area contributed by atoms with Crippen LogP contribution in [0.5, 0.6) is 0 Å². The molecule has 0 fully saturated rings. The van der Waals surface area contributed by atoms with E-state index in [1.165, 1.54) is 0 Å². The van der Waals surface area contributed by atoms with E-state index in [9.17, 15) is 9.59 Å². The van der Waals surface area contributed by atoms with Crippen molar-refractivity contribution >= 4 is 44.6 Å². The minimum Gasteiger partial charge on any atom is -0.464 e. The largest absolute Gasteiger partial charge is 0.464 e. The summed E-state index contributed by atoms with van der Waals surface area (Å²) in [6.07, 6.45) is 6.10. The van der Waals surface area contributed by atoms with Crippen LogP contribution in [0.4, 0.5) is 0 Å². The van der Waals surface area contributed by atoms with Gasteiger partial charge in [0.25, 0.3) is 5.91 Å². The molecule has 0 saturated carbocycles. The number of nitrogens with zero attached hydrogens (tertiary/aromatic N) is 2. The maximum Gasteiger partial charge on any atom is 0.328 e. The van der Waals surface area contributed by atoms with E-state index in [2.05, 4.69) is 38.9 Å². The predicted octanol–water partition coefficient (Wildman–Crippen LogP) is 5.38. The van der Waals surface area contributed by atoms with Gasteiger partial charge >= 0.3 is 5.97 Å². The summed E-state index contributed by atoms with van der Waals surface area (Å²) in [4.78, 5) is 33.8. The zero-order valence-corrected chi connectivity index (χ0v) is 20.6. The summed E-state index contributed by atoms with van der Waals surface area (Å²) in [5, 5.41) is 5.95. The maximum absolute atomic E-state index is 13.3. The van der Waals surface area contributed by atoms with Gasteiger partial charge < -0.3 is 19.6 Å². The summed E-state index contributed by atoms with van der Waals surface area (Å²) < 4.78 is 7.55. The Morgan fingerprint density at radius 2 is 1.81 bits per heavy atom. The van der Waals surface area contributed by atoms with Crippen molar-refractivity contribution in [2.45, 2.75) is 45.7 Å². The molecule has 0 aliphatic carbocycles. The summed E-state index contributed by atoms with van der Waals surface area (Å²) in [6, 6.07) is 17.1. The molecule has 0 bridgehead atoms. The topological polar surface area (TPSA) is 89.0 Å². The van der Waals surface area contributed by atoms with Gasteiger partial charge in [-0.05, 0) is 37.1 Å². The number of amides is 1. The van der Waals surface area contributed by atoms with Crippen LogP contribution in [0.25, 0.3) is 32.7 Å². The molecule has 2 N–H and O–H groups in total. The summed E-state index contributed by atoms with van der Waals surface area (Å²) in [6.45, 7) is 5.06. The molecule has 0 aliphatic heterocycles. The average Bonchev–Trinajstić information content (AvgIpc) is 3.45. The van der Waals surface area contributed by atoms with Crippen molar-refractivity contribution in [3.8, 4) is 0 Å². The molecule has 36 heavy (non-hydrogen) atoms. The van der Waals surface area contributed by atoms with Gasteiger partial charge in [0.1, 0.15) is 11.7 Å². The number of aryl methyl sites for hydroxylation is 1. The number of aromatic amines is 1. The lowest BCUT2D eigenvalue weighted by atomic mass is 10.0. The van der Waals surface area contributed by atoms with Crippen LogP contribution in [0.1, 0.15) is 42.7 Å². The number of hydrogen-bond acceptors (Lipinski definition) is 4. The summed E-state index contributed by atoms with van der Waals surface area (Å²) >= 11 is 0. The number of benzene rings is 2. The van der Waals surface area contributed by atoms with Crippen LogP contribution in [0.2, 0.25) is 0 Å². The average molecular weight is 483 g/mol. The molecule has 1 atom stereocenters. The minimum atomic E-state index is -0.833. The number of pyridine rings is 1. The third-order valence-electron chi connectivity index (χ3n) is 6.60. The second-order valence-electron chi connectivity index (χ2n) is 8.95. The van der Waals surface area contributed by atoms with E-state index in [0.29, 0.717) is 6.42 Å². The fourth-order valence-electron chi connectivity index (χ4n) is 4.82. The minimum absolute atomic E-state index is 0.237. The number of rotatable bonds is 9. The van der Waals surface area contributed by atoms with E-state index >= 15 is 0 Å². The summed E-state index contributed by atoms with van der Waals surface area (Å²) in [5.41, 5.74) is 4.32. The molecular formula is C29H30N4O3. The van der Waals surface area contributed by atoms with Gasteiger partial charge in [0.15, 0.2) is 0 Å². The van der Waals surface area contributed by atoms with E-state index in [0.717, 1.165) is 57.7 Å². The zero-order valence-electron chi connectivity index (χ0n) is 20.6. The molecule has 0 saturated heterocycles. The van der Waals surface area contributed by atoms with Crippen molar-refractivity contribution in [2.75, 3.05) is 6.61 Å². The molecule has 7 nitrogen and oxygen atoms in total. The van der Waals surface area contributed by atoms with Crippen LogP contribution in [-0.2, 0) is 22.5 Å². The van der Waals surface area contributed by atoms with Crippen molar-refractivity contribution in [1.82, 2.24) is 19.9 Å². The number of aromatic nitrogens is 3. The fourth-order valence-corrected chi connectivity index (χ4v) is 4.82. The number of hydrogen-bond donors (Lipinski definition) is 2. The van der Waals surface area contributed by atoms with Crippen LogP contribution in [0.3, 0.4) is 0 Å². The fraction of sp³-hybridized carbons (Fsp3) is 0.276. The van der Waals surface area contributed by atoms with Crippen LogP contribution in [0, 0.1) is 0 Å². The number of nitrogens with one attached hydrogen (secondary N) is 2. The smallest absolute Gasteiger partial charge is 0.328 e. The number of para-hydroxylation sites is 2. The second-order valence-corrected chi connectivity index (χ2v) is 8.95. The number of carbonyl (C=O) groups excluding carboxylic acids is 2. The lowest BCUT2D eigenvalue weighted by molar-refractivity contribution is -0.145. The highest BCUT2D eigenvalue weighted by molar-refractivity contribution is 6.10. The van der Waals surface area contributed by atoms with Crippen LogP contribution >= 0.6 is 0 Å². The van der Waals surface area contributed by atoms with Gasteiger partial charge in [0.2, 0.25) is 0 Å². The monoisotopic (exact) mass is 482 g/mol. The van der Waals surface area contributed by atoms with E-state index in [-0.39, 0.29) is 12.3 Å². The molecule has 2 aromatic carbocycles. The Labute approximate surface area is 209 Å². The van der Waals surface area contributed by atoms with Crippen molar-refractivity contribution < 1.29 is 14.3 Å². The van der Waals surface area contributed by atoms with E-state index in [1.807, 2.05) is 48.7 Å². The Morgan fingerprint density at radius 3 is 2.61 bits per heavy atom. The molecule has 0 aliphatic rings. The third-order valence-corrected chi connectivity index (χ3v) is 6.60. The Bertz CT molecular complexity index is 1550. The molecule has 5 aromatic rings. The van der Waals surface area contributed by atoms with Gasteiger partial charge in [-0.15, -0.1) is 0 Å². The highest BCUT2D eigenvalue weighted by Crippen LogP contribution is 2.29. The molecule has 0 radical (unpaired) electrons. The van der Waals surface area contributed by atoms with Gasteiger partial charge in [-0.25, -0.2) is 9.78 Å². The number of carbonyl (C=O) groups is 2. The standard InChI is InChI=1S/C29H30N4O3/c1-3-5-14-33-26-13-9-7-11-21(26)22-16-24(31-18-27(22)33)28(34)32-25(29(35)36-4-2)15-19-17-30-23-12-8-6-10-20(19)23/h6-13,16-18,25,30H,3-5,14-15H2,1-2H3,(H,32,34)/t25-/m0/s1. The summed E-state index contributed by atoms with van der Waals surface area (Å²) in [5.74, 6) is -0.867. The van der Waals surface area contributed by atoms with Gasteiger partial charge in [0, 0.05) is 46.4 Å². The first-order valence-electron chi connectivity index (χ1n) is 12.5. The second kappa shape index (κ2) is 10.2. The van der Waals surface area contributed by atoms with E-state index < -0.39 is 17.9 Å². The molecule has 184 valence electrons. The molecule has 5 rings (SSSR count). The molecule has 7 heteroatoms. The first-order chi connectivity index (χ1) is 17.6. The van der Waals surface area contributed by atoms with Gasteiger partial charge in [-0.3, -0.25) is 4.79 Å². The molecule has 0 spiro atoms. The first-order valence-corrected chi connectivity index (χ1v) is 12.5. The SMILES string of the molecule is CCCCn1c2ccccc2c2cc(C(=O)N[C@@H](Cc3c[nH]c4ccccc34)C(=O)OCC)ncc21. The van der Waals surface area contributed by atoms with Crippen molar-refractivity contribution in [2.24, 2.45) is 0 Å². The van der Waals surface area contributed by atoms with Crippen molar-refractivity contribution in [3.63, 3.8) is 0 Å². The van der Waals surface area contributed by atoms with Gasteiger partial charge in [-0.2, -0.15) is 0 Å². The highest BCUT2D eigenvalue weighted by atomic mass is 16.5. The van der Waals surface area contributed by atoms with Gasteiger partial charge in [0.05, 0.1) is 18.3 Å². The number of fused-ring (bicyclic) bond motifs is 4. The van der Waals surface area contributed by atoms with Crippen molar-refractivity contribution in [3.05, 3.63) is 78.2 Å². The number of esters is 1. The normalized spacial score (nSPS) is 12.3. The number of unbranched alkanes of at least 4 members (excludes halogenated alkanes) is 1. The highest BCUT2D eigenvalue weighted by Gasteiger charge is 2.25. The Balaban J connectivity index is 1.46. The summed E-state index contributed by atoms with van der Waals surface area (Å²) in [7, 11) is 0. The predicted molar refractivity (Wildman–Crippen MR) is 142 cm³/mol. The Hall–Kier alpha value is -4.13. The van der Waals surface area contributed by atoms with Crippen LogP contribution < -0.4 is 5.32 Å². The Morgan fingerprint density at radius 1 is 1.03 bits per heavy atom. The first kappa shape index (κ1) is 23.6. The van der Waals surface area contributed by atoms with Crippen LogP contribution in [0.15, 0.2) is 67.0 Å². The molecule has 1 amide bonds. The maximum atomic E-state index is 13.3. The van der Waals surface area contributed by atoms with E-state index in [4.69, 9.17) is 4.74 Å². The lowest BCUT2D eigenvalue weighted by Crippen LogP contribution is -2.43. The zero-order chi connectivity index (χ0) is 25.1. The lowest BCUT2D eigenvalue weighted by Gasteiger charge is -2.17. The molecule has 3 aromatic heterocycles. The molecule has 3 heterocycles.